The summed E-state index contributed by atoms with van der Waals surface area (Å²) in [5.41, 5.74) is 1.68. The van der Waals surface area contributed by atoms with Crippen LogP contribution in [0, 0.1) is 0 Å². The van der Waals surface area contributed by atoms with E-state index in [1.54, 1.807) is 6.20 Å². The summed E-state index contributed by atoms with van der Waals surface area (Å²) in [6.07, 6.45) is 3.66. The van der Waals surface area contributed by atoms with Crippen LogP contribution in [0.4, 0.5) is 5.69 Å². The molecule has 2 aromatic heterocycles. The number of ether oxygens (including phenoxy) is 1. The summed E-state index contributed by atoms with van der Waals surface area (Å²) in [6.45, 7) is 9.38. The van der Waals surface area contributed by atoms with Crippen LogP contribution in [-0.2, 0) is 12.1 Å². The summed E-state index contributed by atoms with van der Waals surface area (Å²) in [5.74, 6) is 0.609. The fourth-order valence-corrected chi connectivity index (χ4v) is 1.67. The molecule has 108 valence electrons. The molecule has 6 nitrogen and oxygen atoms in total. The summed E-state index contributed by atoms with van der Waals surface area (Å²) in [7, 11) is 0. The summed E-state index contributed by atoms with van der Waals surface area (Å²) in [5, 5.41) is 11.6. The second-order valence-corrected chi connectivity index (χ2v) is 5.47. The molecule has 0 saturated carbocycles. The summed E-state index contributed by atoms with van der Waals surface area (Å²) >= 11 is 0. The van der Waals surface area contributed by atoms with Gasteiger partial charge in [0.1, 0.15) is 5.69 Å². The lowest BCUT2D eigenvalue weighted by atomic mass is 10.1. The van der Waals surface area contributed by atoms with Crippen LogP contribution in [0.3, 0.4) is 0 Å². The SMILES string of the molecule is CCOc1ncccc1NCc1cn(C(C)(C)C)nn1. The third-order valence-corrected chi connectivity index (χ3v) is 2.74. The quantitative estimate of drug-likeness (QED) is 0.908. The molecule has 0 aliphatic heterocycles. The third kappa shape index (κ3) is 3.46. The average molecular weight is 275 g/mol. The standard InChI is InChI=1S/C14H21N5O/c1-5-20-13-12(7-6-8-15-13)16-9-11-10-19(18-17-11)14(2,3)4/h6-8,10,16H,5,9H2,1-4H3. The zero-order valence-electron chi connectivity index (χ0n) is 12.4. The van der Waals surface area contributed by atoms with Crippen molar-refractivity contribution in [3.05, 3.63) is 30.2 Å². The molecule has 0 spiro atoms. The Morgan fingerprint density at radius 1 is 1.35 bits per heavy atom. The molecule has 0 bridgehead atoms. The Morgan fingerprint density at radius 2 is 2.15 bits per heavy atom. The van der Waals surface area contributed by atoms with Crippen molar-refractivity contribution in [3.8, 4) is 5.88 Å². The first-order chi connectivity index (χ1) is 9.50. The van der Waals surface area contributed by atoms with E-state index >= 15 is 0 Å². The smallest absolute Gasteiger partial charge is 0.237 e. The second kappa shape index (κ2) is 5.90. The van der Waals surface area contributed by atoms with Gasteiger partial charge in [0.15, 0.2) is 0 Å². The van der Waals surface area contributed by atoms with Crippen molar-refractivity contribution in [1.29, 1.82) is 0 Å². The minimum absolute atomic E-state index is 0.0595. The number of pyridine rings is 1. The van der Waals surface area contributed by atoms with Crippen molar-refractivity contribution in [2.75, 3.05) is 11.9 Å². The van der Waals surface area contributed by atoms with Crippen molar-refractivity contribution in [3.63, 3.8) is 0 Å². The molecule has 20 heavy (non-hydrogen) atoms. The Bertz CT molecular complexity index is 559. The van der Waals surface area contributed by atoms with Gasteiger partial charge in [0.25, 0.3) is 0 Å². The molecule has 0 saturated heterocycles. The first kappa shape index (κ1) is 14.3. The van der Waals surface area contributed by atoms with Gasteiger partial charge in [-0.3, -0.25) is 0 Å². The van der Waals surface area contributed by atoms with Gasteiger partial charge in [0.05, 0.1) is 30.6 Å². The van der Waals surface area contributed by atoms with Crippen LogP contribution < -0.4 is 10.1 Å². The summed E-state index contributed by atoms with van der Waals surface area (Å²) in [4.78, 5) is 4.20. The first-order valence-corrected chi connectivity index (χ1v) is 6.74. The van der Waals surface area contributed by atoms with Crippen LogP contribution in [0.2, 0.25) is 0 Å². The van der Waals surface area contributed by atoms with E-state index in [4.69, 9.17) is 4.74 Å². The molecule has 0 fully saturated rings. The largest absolute Gasteiger partial charge is 0.476 e. The maximum Gasteiger partial charge on any atom is 0.237 e. The predicted octanol–water partition coefficient (Wildman–Crippen LogP) is 2.44. The van der Waals surface area contributed by atoms with Gasteiger partial charge in [-0.15, -0.1) is 5.10 Å². The molecule has 2 rings (SSSR count). The summed E-state index contributed by atoms with van der Waals surface area (Å²) < 4.78 is 7.33. The third-order valence-electron chi connectivity index (χ3n) is 2.74. The molecular formula is C14H21N5O. The molecule has 0 aliphatic rings. The Morgan fingerprint density at radius 3 is 2.80 bits per heavy atom. The molecule has 0 aromatic carbocycles. The van der Waals surface area contributed by atoms with Crippen molar-refractivity contribution >= 4 is 5.69 Å². The monoisotopic (exact) mass is 275 g/mol. The Balaban J connectivity index is 2.04. The van der Waals surface area contributed by atoms with Gasteiger partial charge in [0, 0.05) is 6.20 Å². The van der Waals surface area contributed by atoms with E-state index in [-0.39, 0.29) is 5.54 Å². The van der Waals surface area contributed by atoms with Gasteiger partial charge in [-0.1, -0.05) is 5.21 Å². The van der Waals surface area contributed by atoms with E-state index in [0.29, 0.717) is 19.0 Å². The second-order valence-electron chi connectivity index (χ2n) is 5.47. The van der Waals surface area contributed by atoms with Gasteiger partial charge in [0.2, 0.25) is 5.88 Å². The molecule has 6 heteroatoms. The molecule has 0 atom stereocenters. The van der Waals surface area contributed by atoms with E-state index in [1.807, 2.05) is 29.9 Å². The number of nitrogens with one attached hydrogen (secondary N) is 1. The van der Waals surface area contributed by atoms with Gasteiger partial charge in [-0.25, -0.2) is 9.67 Å². The normalized spacial score (nSPS) is 11.4. The fourth-order valence-electron chi connectivity index (χ4n) is 1.67. The number of hydrogen-bond donors (Lipinski definition) is 1. The van der Waals surface area contributed by atoms with Crippen LogP contribution in [0.15, 0.2) is 24.5 Å². The number of anilines is 1. The lowest BCUT2D eigenvalue weighted by Crippen LogP contribution is -2.22. The maximum absolute atomic E-state index is 5.47. The molecule has 0 amide bonds. The minimum Gasteiger partial charge on any atom is -0.476 e. The molecule has 2 aromatic rings. The Hall–Kier alpha value is -2.11. The number of rotatable bonds is 5. The van der Waals surface area contributed by atoms with Gasteiger partial charge < -0.3 is 10.1 Å². The Kier molecular flexibility index (Phi) is 4.22. The van der Waals surface area contributed by atoms with Crippen LogP contribution in [0.25, 0.3) is 0 Å². The highest BCUT2D eigenvalue weighted by Gasteiger charge is 2.15. The fraction of sp³-hybridized carbons (Fsp3) is 0.500. The van der Waals surface area contributed by atoms with E-state index in [2.05, 4.69) is 41.4 Å². The lowest BCUT2D eigenvalue weighted by molar-refractivity contribution is 0.328. The zero-order chi connectivity index (χ0) is 14.6. The molecular weight excluding hydrogens is 254 g/mol. The highest BCUT2D eigenvalue weighted by molar-refractivity contribution is 5.52. The summed E-state index contributed by atoms with van der Waals surface area (Å²) in [6, 6.07) is 3.81. The first-order valence-electron chi connectivity index (χ1n) is 6.74. The number of nitrogens with zero attached hydrogens (tertiary/aromatic N) is 4. The molecule has 0 unspecified atom stereocenters. The molecule has 1 N–H and O–H groups in total. The van der Waals surface area contributed by atoms with E-state index in [0.717, 1.165) is 11.4 Å². The highest BCUT2D eigenvalue weighted by atomic mass is 16.5. The van der Waals surface area contributed by atoms with Gasteiger partial charge in [-0.2, -0.15) is 0 Å². The van der Waals surface area contributed by atoms with Crippen LogP contribution >= 0.6 is 0 Å². The van der Waals surface area contributed by atoms with E-state index < -0.39 is 0 Å². The van der Waals surface area contributed by atoms with Crippen LogP contribution in [-0.4, -0.2) is 26.6 Å². The lowest BCUT2D eigenvalue weighted by Gasteiger charge is -2.17. The molecule has 0 radical (unpaired) electrons. The highest BCUT2D eigenvalue weighted by Crippen LogP contribution is 2.21. The van der Waals surface area contributed by atoms with Crippen molar-refractivity contribution in [1.82, 2.24) is 20.0 Å². The Labute approximate surface area is 119 Å². The number of aromatic nitrogens is 4. The van der Waals surface area contributed by atoms with Gasteiger partial charge in [-0.05, 0) is 39.8 Å². The van der Waals surface area contributed by atoms with Crippen LogP contribution in [0.1, 0.15) is 33.4 Å². The predicted molar refractivity (Wildman–Crippen MR) is 77.8 cm³/mol. The van der Waals surface area contributed by atoms with E-state index in [9.17, 15) is 0 Å². The van der Waals surface area contributed by atoms with Crippen molar-refractivity contribution in [2.24, 2.45) is 0 Å². The molecule has 0 aliphatic carbocycles. The topological polar surface area (TPSA) is 64.9 Å². The minimum atomic E-state index is -0.0595. The number of hydrogen-bond acceptors (Lipinski definition) is 5. The van der Waals surface area contributed by atoms with E-state index in [1.165, 1.54) is 0 Å². The van der Waals surface area contributed by atoms with Crippen molar-refractivity contribution < 1.29 is 4.74 Å². The average Bonchev–Trinajstić information content (AvgIpc) is 2.87. The molecule has 2 heterocycles. The maximum atomic E-state index is 5.47. The zero-order valence-corrected chi connectivity index (χ0v) is 12.4. The van der Waals surface area contributed by atoms with Crippen molar-refractivity contribution in [2.45, 2.75) is 39.8 Å². The van der Waals surface area contributed by atoms with Crippen LogP contribution in [0.5, 0.6) is 5.88 Å². The van der Waals surface area contributed by atoms with Gasteiger partial charge >= 0.3 is 0 Å².